The van der Waals surface area contributed by atoms with Gasteiger partial charge in [0, 0.05) is 50.3 Å². The number of amides is 1. The highest BCUT2D eigenvalue weighted by Crippen LogP contribution is 2.25. The summed E-state index contributed by atoms with van der Waals surface area (Å²) in [4.78, 5) is 26.6. The molecular weight excluding hydrogens is 448 g/mol. The van der Waals surface area contributed by atoms with Gasteiger partial charge < -0.3 is 15.5 Å². The number of fused-ring (bicyclic) bond motifs is 1. The average molecular weight is 481 g/mol. The highest BCUT2D eigenvalue weighted by atomic mass is 16.1. The van der Waals surface area contributed by atoms with E-state index >= 15 is 0 Å². The van der Waals surface area contributed by atoms with E-state index in [2.05, 4.69) is 62.4 Å². The Morgan fingerprint density at radius 1 is 0.917 bits per heavy atom. The van der Waals surface area contributed by atoms with E-state index in [1.807, 2.05) is 48.5 Å². The molecule has 1 saturated heterocycles. The van der Waals surface area contributed by atoms with E-state index in [1.165, 1.54) is 23.1 Å². The van der Waals surface area contributed by atoms with Gasteiger partial charge in [0.2, 0.25) is 0 Å². The first-order chi connectivity index (χ1) is 17.6. The predicted molar refractivity (Wildman–Crippen MR) is 146 cm³/mol. The number of hydrogen-bond donors (Lipinski definition) is 2. The number of carbonyl (C=O) groups is 1. The molecule has 2 heterocycles. The summed E-state index contributed by atoms with van der Waals surface area (Å²) in [6.07, 6.45) is 1.53. The van der Waals surface area contributed by atoms with Gasteiger partial charge in [-0.3, -0.25) is 9.69 Å². The van der Waals surface area contributed by atoms with Crippen molar-refractivity contribution in [2.24, 2.45) is 0 Å². The van der Waals surface area contributed by atoms with E-state index in [1.54, 1.807) is 0 Å². The molecule has 0 saturated carbocycles. The minimum Gasteiger partial charge on any atom is -0.369 e. The highest BCUT2D eigenvalue weighted by Gasteiger charge is 2.19. The molecule has 0 aliphatic carbocycles. The van der Waals surface area contributed by atoms with E-state index in [0.717, 1.165) is 49.3 Å². The molecule has 4 aromatic rings. The lowest BCUT2D eigenvalue weighted by Crippen LogP contribution is -2.48. The number of carbonyl (C=O) groups excluding carboxylic acids is 1. The molecule has 1 aliphatic rings. The van der Waals surface area contributed by atoms with Crippen LogP contribution in [0.2, 0.25) is 0 Å². The Balaban J connectivity index is 1.16. The zero-order valence-electron chi connectivity index (χ0n) is 20.9. The van der Waals surface area contributed by atoms with Crippen LogP contribution in [-0.2, 0) is 0 Å². The summed E-state index contributed by atoms with van der Waals surface area (Å²) in [5.41, 5.74) is 6.13. The summed E-state index contributed by atoms with van der Waals surface area (Å²) in [5.74, 6) is 0.591. The van der Waals surface area contributed by atoms with Gasteiger partial charge >= 0.3 is 0 Å². The molecule has 0 radical (unpaired) electrons. The first-order valence-electron chi connectivity index (χ1n) is 12.5. The van der Waals surface area contributed by atoms with E-state index < -0.39 is 0 Å². The van der Waals surface area contributed by atoms with Crippen LogP contribution in [0.3, 0.4) is 0 Å². The fourth-order valence-corrected chi connectivity index (χ4v) is 4.82. The second kappa shape index (κ2) is 10.7. The predicted octanol–water partition coefficient (Wildman–Crippen LogP) is 4.54. The van der Waals surface area contributed by atoms with Crippen LogP contribution in [0.4, 0.5) is 17.2 Å². The molecular formula is C29H32N6O. The van der Waals surface area contributed by atoms with Crippen molar-refractivity contribution in [3.05, 3.63) is 89.7 Å². The van der Waals surface area contributed by atoms with Gasteiger partial charge in [-0.1, -0.05) is 42.0 Å². The molecule has 7 nitrogen and oxygen atoms in total. The standard InChI is InChI=1S/C29H32N6O/c1-21-11-12-27(22(2)19-21)35-17-15-34(16-18-35)14-13-30-29(36)24-8-4-6-10-26(24)33-28-23-7-3-5-9-25(23)31-20-32-28/h3-12,19-20H,13-18H2,1-2H3,(H,30,36)(H,31,32,33). The van der Waals surface area contributed by atoms with Gasteiger partial charge in [-0.05, 0) is 49.7 Å². The van der Waals surface area contributed by atoms with Crippen molar-refractivity contribution in [1.29, 1.82) is 0 Å². The first kappa shape index (κ1) is 23.8. The van der Waals surface area contributed by atoms with Crippen molar-refractivity contribution in [3.63, 3.8) is 0 Å². The first-order valence-corrected chi connectivity index (χ1v) is 12.5. The number of aryl methyl sites for hydroxylation is 2. The van der Waals surface area contributed by atoms with Crippen molar-refractivity contribution in [2.75, 3.05) is 49.5 Å². The number of anilines is 3. The third-order valence-corrected chi connectivity index (χ3v) is 6.75. The molecule has 184 valence electrons. The molecule has 1 fully saturated rings. The molecule has 1 amide bonds. The van der Waals surface area contributed by atoms with Crippen molar-refractivity contribution in [3.8, 4) is 0 Å². The second-order valence-corrected chi connectivity index (χ2v) is 9.28. The van der Waals surface area contributed by atoms with Gasteiger partial charge in [0.1, 0.15) is 12.1 Å². The second-order valence-electron chi connectivity index (χ2n) is 9.28. The molecule has 0 bridgehead atoms. The van der Waals surface area contributed by atoms with Gasteiger partial charge in [-0.15, -0.1) is 0 Å². The zero-order valence-corrected chi connectivity index (χ0v) is 20.9. The van der Waals surface area contributed by atoms with E-state index in [9.17, 15) is 4.79 Å². The zero-order chi connectivity index (χ0) is 24.9. The summed E-state index contributed by atoms with van der Waals surface area (Å²) in [6, 6.07) is 22.0. The molecule has 0 spiro atoms. The monoisotopic (exact) mass is 480 g/mol. The quantitative estimate of drug-likeness (QED) is 0.405. The number of nitrogens with one attached hydrogen (secondary N) is 2. The normalized spacial score (nSPS) is 14.1. The third-order valence-electron chi connectivity index (χ3n) is 6.75. The van der Waals surface area contributed by atoms with Gasteiger partial charge in [0.25, 0.3) is 5.91 Å². The summed E-state index contributed by atoms with van der Waals surface area (Å²) in [5, 5.41) is 7.35. The Labute approximate surface area is 212 Å². The maximum Gasteiger partial charge on any atom is 0.253 e. The summed E-state index contributed by atoms with van der Waals surface area (Å²) in [6.45, 7) is 9.73. The molecule has 7 heteroatoms. The average Bonchev–Trinajstić information content (AvgIpc) is 2.90. The molecule has 0 atom stereocenters. The van der Waals surface area contributed by atoms with Crippen molar-refractivity contribution < 1.29 is 4.79 Å². The number of aromatic nitrogens is 2. The van der Waals surface area contributed by atoms with Gasteiger partial charge in [-0.25, -0.2) is 9.97 Å². The Morgan fingerprint density at radius 3 is 2.53 bits per heavy atom. The lowest BCUT2D eigenvalue weighted by atomic mass is 10.1. The Kier molecular flexibility index (Phi) is 7.09. The third kappa shape index (κ3) is 5.31. The maximum atomic E-state index is 13.1. The Hall–Kier alpha value is -3.97. The topological polar surface area (TPSA) is 73.4 Å². The van der Waals surface area contributed by atoms with Crippen LogP contribution < -0.4 is 15.5 Å². The number of rotatable bonds is 7. The number of benzene rings is 3. The van der Waals surface area contributed by atoms with Crippen molar-refractivity contribution in [2.45, 2.75) is 13.8 Å². The molecule has 1 aromatic heterocycles. The minimum absolute atomic E-state index is 0.0922. The highest BCUT2D eigenvalue weighted by molar-refractivity contribution is 6.01. The summed E-state index contributed by atoms with van der Waals surface area (Å²) in [7, 11) is 0. The number of hydrogen-bond acceptors (Lipinski definition) is 6. The number of piperazine rings is 1. The number of nitrogens with zero attached hydrogens (tertiary/aromatic N) is 4. The molecule has 5 rings (SSSR count). The SMILES string of the molecule is Cc1ccc(N2CCN(CCNC(=O)c3ccccc3Nc3ncnc4ccccc34)CC2)c(C)c1. The summed E-state index contributed by atoms with van der Waals surface area (Å²) < 4.78 is 0. The Bertz CT molecular complexity index is 1360. The van der Waals surface area contributed by atoms with Gasteiger partial charge in [0.15, 0.2) is 0 Å². The maximum absolute atomic E-state index is 13.1. The lowest BCUT2D eigenvalue weighted by molar-refractivity contribution is 0.0948. The molecule has 2 N–H and O–H groups in total. The molecule has 3 aromatic carbocycles. The molecule has 1 aliphatic heterocycles. The van der Waals surface area contributed by atoms with Crippen LogP contribution in [0.25, 0.3) is 10.9 Å². The van der Waals surface area contributed by atoms with Crippen molar-refractivity contribution >= 4 is 34.0 Å². The van der Waals surface area contributed by atoms with Crippen LogP contribution in [-0.4, -0.2) is 60.0 Å². The van der Waals surface area contributed by atoms with Crippen LogP contribution in [0.1, 0.15) is 21.5 Å². The number of para-hydroxylation sites is 2. The van der Waals surface area contributed by atoms with Crippen molar-refractivity contribution in [1.82, 2.24) is 20.2 Å². The lowest BCUT2D eigenvalue weighted by Gasteiger charge is -2.36. The fraction of sp³-hybridized carbons (Fsp3) is 0.276. The summed E-state index contributed by atoms with van der Waals surface area (Å²) >= 11 is 0. The van der Waals surface area contributed by atoms with E-state index in [4.69, 9.17) is 0 Å². The van der Waals surface area contributed by atoms with Crippen LogP contribution in [0, 0.1) is 13.8 Å². The largest absolute Gasteiger partial charge is 0.369 e. The van der Waals surface area contributed by atoms with Gasteiger partial charge in [-0.2, -0.15) is 0 Å². The van der Waals surface area contributed by atoms with E-state index in [-0.39, 0.29) is 5.91 Å². The van der Waals surface area contributed by atoms with E-state index in [0.29, 0.717) is 17.9 Å². The fourth-order valence-electron chi connectivity index (χ4n) is 4.82. The Morgan fingerprint density at radius 2 is 1.69 bits per heavy atom. The smallest absolute Gasteiger partial charge is 0.253 e. The molecule has 0 unspecified atom stereocenters. The van der Waals surface area contributed by atoms with Crippen LogP contribution in [0.5, 0.6) is 0 Å². The van der Waals surface area contributed by atoms with Crippen LogP contribution >= 0.6 is 0 Å². The molecule has 36 heavy (non-hydrogen) atoms. The minimum atomic E-state index is -0.0922. The van der Waals surface area contributed by atoms with Gasteiger partial charge in [0.05, 0.1) is 16.8 Å². The van der Waals surface area contributed by atoms with Crippen LogP contribution in [0.15, 0.2) is 73.1 Å².